The molecule has 1 atom stereocenters. The van der Waals surface area contributed by atoms with E-state index in [-0.39, 0.29) is 0 Å². The fourth-order valence-electron chi connectivity index (χ4n) is 1.16. The van der Waals surface area contributed by atoms with Gasteiger partial charge in [0, 0.05) is 6.04 Å². The van der Waals surface area contributed by atoms with E-state index in [0.29, 0.717) is 6.54 Å². The quantitative estimate of drug-likeness (QED) is 0.630. The third-order valence-corrected chi connectivity index (χ3v) is 1.81. The van der Waals surface area contributed by atoms with Gasteiger partial charge in [-0.15, -0.1) is 0 Å². The molecule has 0 rings (SSSR count). The summed E-state index contributed by atoms with van der Waals surface area (Å²) in [5.41, 5.74) is 0. The Morgan fingerprint density at radius 3 is 2.36 bits per heavy atom. The Hall–Kier alpha value is -0.290. The van der Waals surface area contributed by atoms with Crippen LogP contribution in [0.5, 0.6) is 0 Å². The van der Waals surface area contributed by atoms with Gasteiger partial charge in [0.05, 0.1) is 6.42 Å². The molecule has 5 heteroatoms. The number of halogens is 3. The molecule has 0 saturated heterocycles. The van der Waals surface area contributed by atoms with Gasteiger partial charge in [0.25, 0.3) is 0 Å². The molecule has 14 heavy (non-hydrogen) atoms. The van der Waals surface area contributed by atoms with E-state index in [1.165, 1.54) is 0 Å². The van der Waals surface area contributed by atoms with Gasteiger partial charge in [0.1, 0.15) is 0 Å². The summed E-state index contributed by atoms with van der Waals surface area (Å²) in [6.45, 7) is 5.94. The minimum atomic E-state index is -4.06. The summed E-state index contributed by atoms with van der Waals surface area (Å²) in [5, 5.41) is 5.95. The van der Waals surface area contributed by atoms with Gasteiger partial charge in [-0.2, -0.15) is 13.2 Å². The van der Waals surface area contributed by atoms with Crippen LogP contribution >= 0.6 is 0 Å². The molecule has 86 valence electrons. The maximum atomic E-state index is 11.9. The first-order chi connectivity index (χ1) is 6.45. The molecule has 0 amide bonds. The van der Waals surface area contributed by atoms with Crippen LogP contribution in [0.3, 0.4) is 0 Å². The highest BCUT2D eigenvalue weighted by Crippen LogP contribution is 2.21. The minimum absolute atomic E-state index is 0.489. The largest absolute Gasteiger partial charge is 0.390 e. The monoisotopic (exact) mass is 212 g/mol. The highest BCUT2D eigenvalue weighted by Gasteiger charge is 2.29. The molecule has 0 fully saturated rings. The van der Waals surface area contributed by atoms with Crippen molar-refractivity contribution in [3.05, 3.63) is 0 Å². The number of hydrogen-bond acceptors (Lipinski definition) is 2. The zero-order chi connectivity index (χ0) is 11.0. The molecule has 0 aromatic rings. The summed E-state index contributed by atoms with van der Waals surface area (Å²) in [7, 11) is 0. The molecule has 0 heterocycles. The van der Waals surface area contributed by atoms with E-state index in [1.54, 1.807) is 6.92 Å². The Kier molecular flexibility index (Phi) is 6.92. The van der Waals surface area contributed by atoms with Gasteiger partial charge < -0.3 is 10.6 Å². The van der Waals surface area contributed by atoms with Crippen molar-refractivity contribution in [2.45, 2.75) is 38.9 Å². The van der Waals surface area contributed by atoms with Crippen LogP contribution in [-0.2, 0) is 0 Å². The first kappa shape index (κ1) is 13.7. The molecule has 0 spiro atoms. The normalized spacial score (nSPS) is 14.4. The Balaban J connectivity index is 3.31. The molecule has 0 bridgehead atoms. The van der Waals surface area contributed by atoms with Crippen molar-refractivity contribution in [1.29, 1.82) is 0 Å². The second kappa shape index (κ2) is 7.06. The molecule has 0 aliphatic heterocycles. The van der Waals surface area contributed by atoms with Crippen LogP contribution in [0.1, 0.15) is 26.7 Å². The van der Waals surface area contributed by atoms with Crippen LogP contribution < -0.4 is 10.6 Å². The van der Waals surface area contributed by atoms with Gasteiger partial charge >= 0.3 is 6.18 Å². The van der Waals surface area contributed by atoms with Gasteiger partial charge in [-0.05, 0) is 33.0 Å². The Labute approximate surface area is 83.3 Å². The lowest BCUT2D eigenvalue weighted by atomic mass is 10.2. The molecule has 2 N–H and O–H groups in total. The maximum absolute atomic E-state index is 11.9. The topological polar surface area (TPSA) is 24.1 Å². The molecule has 1 unspecified atom stereocenters. The van der Waals surface area contributed by atoms with Crippen LogP contribution in [0.25, 0.3) is 0 Å². The highest BCUT2D eigenvalue weighted by molar-refractivity contribution is 4.65. The minimum Gasteiger partial charge on any atom is -0.317 e. The van der Waals surface area contributed by atoms with E-state index in [0.717, 1.165) is 19.5 Å². The summed E-state index contributed by atoms with van der Waals surface area (Å²) < 4.78 is 35.7. The fourth-order valence-corrected chi connectivity index (χ4v) is 1.16. The lowest BCUT2D eigenvalue weighted by Gasteiger charge is -2.15. The molecule has 2 nitrogen and oxygen atoms in total. The van der Waals surface area contributed by atoms with E-state index >= 15 is 0 Å². The predicted molar refractivity (Wildman–Crippen MR) is 51.3 cm³/mol. The van der Waals surface area contributed by atoms with Gasteiger partial charge in [0.15, 0.2) is 0 Å². The van der Waals surface area contributed by atoms with Gasteiger partial charge in [-0.1, -0.05) is 6.92 Å². The lowest BCUT2D eigenvalue weighted by molar-refractivity contribution is -0.138. The van der Waals surface area contributed by atoms with Crippen LogP contribution in [0, 0.1) is 0 Å². The smallest absolute Gasteiger partial charge is 0.317 e. The van der Waals surface area contributed by atoms with E-state index in [1.807, 2.05) is 6.92 Å². The van der Waals surface area contributed by atoms with Crippen LogP contribution in [-0.4, -0.2) is 31.9 Å². The molecule has 0 aliphatic carbocycles. The molecule has 0 aromatic carbocycles. The molecule has 0 radical (unpaired) electrons. The molecule has 0 aromatic heterocycles. The third kappa shape index (κ3) is 9.80. The summed E-state index contributed by atoms with van der Waals surface area (Å²) >= 11 is 0. The van der Waals surface area contributed by atoms with Crippen molar-refractivity contribution < 1.29 is 13.2 Å². The van der Waals surface area contributed by atoms with Crippen LogP contribution in [0.4, 0.5) is 13.2 Å². The number of nitrogens with one attached hydrogen (secondary N) is 2. The van der Waals surface area contributed by atoms with E-state index < -0.39 is 18.6 Å². The van der Waals surface area contributed by atoms with Crippen molar-refractivity contribution in [2.24, 2.45) is 0 Å². The SMILES string of the molecule is CCNCCCNC(C)CC(F)(F)F. The summed E-state index contributed by atoms with van der Waals surface area (Å²) in [6.07, 6.45) is -3.96. The number of hydrogen-bond donors (Lipinski definition) is 2. The highest BCUT2D eigenvalue weighted by atomic mass is 19.4. The summed E-state index contributed by atoms with van der Waals surface area (Å²) in [6, 6.07) is -0.489. The molecular formula is C9H19F3N2. The predicted octanol–water partition coefficient (Wildman–Crippen LogP) is 1.92. The Morgan fingerprint density at radius 1 is 1.21 bits per heavy atom. The summed E-state index contributed by atoms with van der Waals surface area (Å²) in [4.78, 5) is 0. The Morgan fingerprint density at radius 2 is 1.86 bits per heavy atom. The van der Waals surface area contributed by atoms with Gasteiger partial charge in [-0.25, -0.2) is 0 Å². The van der Waals surface area contributed by atoms with E-state index in [4.69, 9.17) is 0 Å². The van der Waals surface area contributed by atoms with Gasteiger partial charge in [0.2, 0.25) is 0 Å². The van der Waals surface area contributed by atoms with Crippen molar-refractivity contribution in [3.8, 4) is 0 Å². The second-order valence-corrected chi connectivity index (χ2v) is 3.38. The standard InChI is InChI=1S/C9H19F3N2/c1-3-13-5-4-6-14-8(2)7-9(10,11)12/h8,13-14H,3-7H2,1-2H3. The average Bonchev–Trinajstić information content (AvgIpc) is 2.00. The van der Waals surface area contributed by atoms with Crippen molar-refractivity contribution in [2.75, 3.05) is 19.6 Å². The van der Waals surface area contributed by atoms with Crippen molar-refractivity contribution in [1.82, 2.24) is 10.6 Å². The second-order valence-electron chi connectivity index (χ2n) is 3.38. The zero-order valence-electron chi connectivity index (χ0n) is 8.75. The van der Waals surface area contributed by atoms with Crippen LogP contribution in [0.15, 0.2) is 0 Å². The molecular weight excluding hydrogens is 193 g/mol. The first-order valence-electron chi connectivity index (χ1n) is 4.96. The fraction of sp³-hybridized carbons (Fsp3) is 1.00. The maximum Gasteiger partial charge on any atom is 0.390 e. The third-order valence-electron chi connectivity index (χ3n) is 1.81. The van der Waals surface area contributed by atoms with Gasteiger partial charge in [-0.3, -0.25) is 0 Å². The first-order valence-corrected chi connectivity index (χ1v) is 4.96. The summed E-state index contributed by atoms with van der Waals surface area (Å²) in [5.74, 6) is 0. The number of rotatable bonds is 7. The van der Waals surface area contributed by atoms with E-state index in [2.05, 4.69) is 10.6 Å². The molecule has 0 aliphatic rings. The lowest BCUT2D eigenvalue weighted by Crippen LogP contribution is -2.33. The number of alkyl halides is 3. The molecule has 0 saturated carbocycles. The average molecular weight is 212 g/mol. The van der Waals surface area contributed by atoms with Crippen molar-refractivity contribution >= 4 is 0 Å². The van der Waals surface area contributed by atoms with Crippen molar-refractivity contribution in [3.63, 3.8) is 0 Å². The zero-order valence-corrected chi connectivity index (χ0v) is 8.75. The Bertz CT molecular complexity index is 137. The van der Waals surface area contributed by atoms with E-state index in [9.17, 15) is 13.2 Å². The van der Waals surface area contributed by atoms with Crippen LogP contribution in [0.2, 0.25) is 0 Å².